The Morgan fingerprint density at radius 1 is 1.20 bits per heavy atom. The van der Waals surface area contributed by atoms with Crippen LogP contribution < -0.4 is 0 Å². The number of carbonyl (C=O) groups excluding carboxylic acids is 1. The first kappa shape index (κ1) is 12.0. The van der Waals surface area contributed by atoms with Crippen LogP contribution in [0.25, 0.3) is 0 Å². The van der Waals surface area contributed by atoms with Crippen LogP contribution in [-0.2, 0) is 11.2 Å². The van der Waals surface area contributed by atoms with Gasteiger partial charge in [-0.05, 0) is 23.8 Å². The number of benzene rings is 1. The molecule has 15 heavy (non-hydrogen) atoms. The normalized spacial score (nSPS) is 13.5. The first-order valence-corrected chi connectivity index (χ1v) is 5.50. The maximum absolute atomic E-state index is 11.0. The van der Waals surface area contributed by atoms with E-state index in [1.165, 1.54) is 5.56 Å². The molecule has 1 heteroatoms. The minimum absolute atomic E-state index is 0.146. The van der Waals surface area contributed by atoms with Gasteiger partial charge in [-0.1, -0.05) is 51.1 Å². The van der Waals surface area contributed by atoms with Crippen LogP contribution in [0.3, 0.4) is 0 Å². The quantitative estimate of drug-likeness (QED) is 0.686. The zero-order chi connectivity index (χ0) is 11.3. The molecule has 1 unspecified atom stereocenters. The molecule has 1 aromatic rings. The van der Waals surface area contributed by atoms with Crippen LogP contribution in [0.4, 0.5) is 0 Å². The van der Waals surface area contributed by atoms with Crippen LogP contribution >= 0.6 is 0 Å². The van der Waals surface area contributed by atoms with Crippen molar-refractivity contribution in [3.05, 3.63) is 35.9 Å². The predicted octanol–water partition coefficient (Wildman–Crippen LogP) is 3.48. The van der Waals surface area contributed by atoms with Gasteiger partial charge in [-0.3, -0.25) is 0 Å². The van der Waals surface area contributed by atoms with Crippen molar-refractivity contribution < 1.29 is 4.79 Å². The summed E-state index contributed by atoms with van der Waals surface area (Å²) in [5.41, 5.74) is 1.47. The summed E-state index contributed by atoms with van der Waals surface area (Å²) in [6.45, 7) is 6.53. The summed E-state index contributed by atoms with van der Waals surface area (Å²) >= 11 is 0. The molecule has 82 valence electrons. The van der Waals surface area contributed by atoms with Crippen LogP contribution in [-0.4, -0.2) is 6.29 Å². The van der Waals surface area contributed by atoms with Crippen molar-refractivity contribution in [2.75, 3.05) is 0 Å². The molecule has 0 aliphatic rings. The standard InChI is InChI=1S/C14H20O/c1-14(2,3)10-13(11-15)9-12-7-5-4-6-8-12/h4-8,11,13H,9-10H2,1-3H3. The first-order valence-electron chi connectivity index (χ1n) is 5.50. The van der Waals surface area contributed by atoms with Crippen LogP contribution in [0.2, 0.25) is 0 Å². The highest BCUT2D eigenvalue weighted by molar-refractivity contribution is 5.54. The van der Waals surface area contributed by atoms with E-state index in [9.17, 15) is 4.79 Å². The summed E-state index contributed by atoms with van der Waals surface area (Å²) < 4.78 is 0. The van der Waals surface area contributed by atoms with E-state index in [4.69, 9.17) is 0 Å². The molecule has 1 aromatic carbocycles. The van der Waals surface area contributed by atoms with Gasteiger partial charge in [0.1, 0.15) is 6.29 Å². The molecule has 0 aliphatic heterocycles. The third-order valence-corrected chi connectivity index (χ3v) is 2.41. The molecule has 1 nitrogen and oxygen atoms in total. The Kier molecular flexibility index (Phi) is 4.07. The Bertz CT molecular complexity index is 295. The second-order valence-corrected chi connectivity index (χ2v) is 5.35. The van der Waals surface area contributed by atoms with Crippen molar-refractivity contribution >= 4 is 6.29 Å². The Morgan fingerprint density at radius 3 is 2.27 bits per heavy atom. The van der Waals surface area contributed by atoms with Crippen LogP contribution in [0, 0.1) is 11.3 Å². The van der Waals surface area contributed by atoms with Gasteiger partial charge in [0.25, 0.3) is 0 Å². The van der Waals surface area contributed by atoms with E-state index in [1.807, 2.05) is 18.2 Å². The first-order chi connectivity index (χ1) is 7.01. The molecule has 0 saturated carbocycles. The molecular weight excluding hydrogens is 184 g/mol. The average Bonchev–Trinajstić information content (AvgIpc) is 2.16. The highest BCUT2D eigenvalue weighted by Crippen LogP contribution is 2.25. The Balaban J connectivity index is 2.59. The summed E-state index contributed by atoms with van der Waals surface area (Å²) in [5.74, 6) is 0.146. The summed E-state index contributed by atoms with van der Waals surface area (Å²) in [6.07, 6.45) is 2.91. The van der Waals surface area contributed by atoms with Crippen molar-refractivity contribution in [3.63, 3.8) is 0 Å². The van der Waals surface area contributed by atoms with Crippen molar-refractivity contribution in [1.82, 2.24) is 0 Å². The Labute approximate surface area is 92.5 Å². The monoisotopic (exact) mass is 204 g/mol. The lowest BCUT2D eigenvalue weighted by atomic mass is 9.83. The van der Waals surface area contributed by atoms with Crippen LogP contribution in [0.1, 0.15) is 32.8 Å². The molecule has 0 aliphatic carbocycles. The largest absolute Gasteiger partial charge is 0.303 e. The topological polar surface area (TPSA) is 17.1 Å². The molecule has 0 aromatic heterocycles. The fourth-order valence-corrected chi connectivity index (χ4v) is 1.87. The molecule has 0 radical (unpaired) electrons. The van der Waals surface area contributed by atoms with Gasteiger partial charge in [-0.2, -0.15) is 0 Å². The fraction of sp³-hybridized carbons (Fsp3) is 0.500. The second-order valence-electron chi connectivity index (χ2n) is 5.35. The SMILES string of the molecule is CC(C)(C)CC(C=O)Cc1ccccc1. The molecule has 1 atom stereocenters. The number of carbonyl (C=O) groups is 1. The summed E-state index contributed by atoms with van der Waals surface area (Å²) in [7, 11) is 0. The van der Waals surface area contributed by atoms with Crippen molar-refractivity contribution in [2.45, 2.75) is 33.6 Å². The number of aldehydes is 1. The zero-order valence-corrected chi connectivity index (χ0v) is 9.86. The molecule has 0 fully saturated rings. The third kappa shape index (κ3) is 4.78. The molecule has 0 saturated heterocycles. The van der Waals surface area contributed by atoms with Gasteiger partial charge in [0.15, 0.2) is 0 Å². The number of rotatable bonds is 4. The van der Waals surface area contributed by atoms with Gasteiger partial charge in [0.2, 0.25) is 0 Å². The van der Waals surface area contributed by atoms with Crippen molar-refractivity contribution in [3.8, 4) is 0 Å². The molecule has 0 bridgehead atoms. The third-order valence-electron chi connectivity index (χ3n) is 2.41. The van der Waals surface area contributed by atoms with Gasteiger partial charge in [0, 0.05) is 5.92 Å². The summed E-state index contributed by atoms with van der Waals surface area (Å²) in [5, 5.41) is 0. The molecule has 0 N–H and O–H groups in total. The van der Waals surface area contributed by atoms with E-state index in [0.717, 1.165) is 19.1 Å². The highest BCUT2D eigenvalue weighted by Gasteiger charge is 2.18. The molecule has 1 rings (SSSR count). The van der Waals surface area contributed by atoms with E-state index >= 15 is 0 Å². The molecule has 0 spiro atoms. The lowest BCUT2D eigenvalue weighted by Crippen LogP contribution is -2.16. The van der Waals surface area contributed by atoms with Crippen molar-refractivity contribution in [1.29, 1.82) is 0 Å². The minimum atomic E-state index is 0.146. The highest BCUT2D eigenvalue weighted by atomic mass is 16.1. The van der Waals surface area contributed by atoms with E-state index in [2.05, 4.69) is 32.9 Å². The smallest absolute Gasteiger partial charge is 0.123 e. The lowest BCUT2D eigenvalue weighted by Gasteiger charge is -2.22. The zero-order valence-electron chi connectivity index (χ0n) is 9.86. The number of hydrogen-bond donors (Lipinski definition) is 0. The fourth-order valence-electron chi connectivity index (χ4n) is 1.87. The molecule has 0 heterocycles. The van der Waals surface area contributed by atoms with Gasteiger partial charge < -0.3 is 4.79 Å². The van der Waals surface area contributed by atoms with E-state index in [-0.39, 0.29) is 11.3 Å². The summed E-state index contributed by atoms with van der Waals surface area (Å²) in [6, 6.07) is 10.2. The van der Waals surface area contributed by atoms with Gasteiger partial charge in [-0.15, -0.1) is 0 Å². The minimum Gasteiger partial charge on any atom is -0.303 e. The number of hydrogen-bond acceptors (Lipinski definition) is 1. The predicted molar refractivity (Wildman–Crippen MR) is 63.8 cm³/mol. The average molecular weight is 204 g/mol. The Hall–Kier alpha value is -1.11. The van der Waals surface area contributed by atoms with Crippen molar-refractivity contribution in [2.24, 2.45) is 11.3 Å². The second kappa shape index (κ2) is 5.11. The lowest BCUT2D eigenvalue weighted by molar-refractivity contribution is -0.111. The van der Waals surface area contributed by atoms with E-state index in [1.54, 1.807) is 0 Å². The van der Waals surface area contributed by atoms with Crippen LogP contribution in [0.5, 0.6) is 0 Å². The van der Waals surface area contributed by atoms with E-state index in [0.29, 0.717) is 0 Å². The van der Waals surface area contributed by atoms with Gasteiger partial charge in [-0.25, -0.2) is 0 Å². The molecule has 0 amide bonds. The Morgan fingerprint density at radius 2 is 1.80 bits per heavy atom. The van der Waals surface area contributed by atoms with E-state index < -0.39 is 0 Å². The molecular formula is C14H20O. The maximum atomic E-state index is 11.0. The van der Waals surface area contributed by atoms with Crippen LogP contribution in [0.15, 0.2) is 30.3 Å². The maximum Gasteiger partial charge on any atom is 0.123 e. The summed E-state index contributed by atoms with van der Waals surface area (Å²) in [4.78, 5) is 11.0. The van der Waals surface area contributed by atoms with Gasteiger partial charge in [0.05, 0.1) is 0 Å². The van der Waals surface area contributed by atoms with Gasteiger partial charge >= 0.3 is 0 Å².